The monoisotopic (exact) mass is 263 g/mol. The minimum atomic E-state index is 0.553. The van der Waals surface area contributed by atoms with Crippen molar-refractivity contribution in [3.8, 4) is 17.0 Å². The first-order valence-corrected chi connectivity index (χ1v) is 6.62. The molecule has 0 aliphatic heterocycles. The fraction of sp³-hybridized carbons (Fsp3) is 0.357. The predicted octanol–water partition coefficient (Wildman–Crippen LogP) is 3.58. The molecule has 18 heavy (non-hydrogen) atoms. The highest BCUT2D eigenvalue weighted by Crippen LogP contribution is 2.33. The Morgan fingerprint density at radius 3 is 2.56 bits per heavy atom. The van der Waals surface area contributed by atoms with Crippen molar-refractivity contribution in [3.05, 3.63) is 33.6 Å². The average molecular weight is 263 g/mol. The van der Waals surface area contributed by atoms with Gasteiger partial charge in [0.05, 0.1) is 19.4 Å². The summed E-state index contributed by atoms with van der Waals surface area (Å²) in [6.07, 6.45) is 0. The molecule has 0 radical (unpaired) electrons. The summed E-state index contributed by atoms with van der Waals surface area (Å²) in [5.74, 6) is 0.868. The van der Waals surface area contributed by atoms with Gasteiger partial charge >= 0.3 is 0 Å². The molecule has 0 unspecified atom stereocenters. The van der Waals surface area contributed by atoms with Crippen LogP contribution in [0.15, 0.2) is 17.5 Å². The molecule has 0 spiro atoms. The van der Waals surface area contributed by atoms with E-state index in [-0.39, 0.29) is 0 Å². The zero-order valence-electron chi connectivity index (χ0n) is 11.1. The van der Waals surface area contributed by atoms with Crippen LogP contribution in [0.2, 0.25) is 0 Å². The van der Waals surface area contributed by atoms with Crippen LogP contribution in [0.25, 0.3) is 11.3 Å². The molecule has 0 aliphatic rings. The molecular formula is C14H17NO2S. The fourth-order valence-electron chi connectivity index (χ4n) is 1.78. The third-order valence-electron chi connectivity index (χ3n) is 2.91. The van der Waals surface area contributed by atoms with Crippen LogP contribution >= 0.6 is 11.3 Å². The van der Waals surface area contributed by atoms with E-state index >= 15 is 0 Å². The maximum atomic E-state index is 5.44. The SMILES string of the molecule is COCc1nc(-c2cc(C)c(C)cc2OC)cs1. The van der Waals surface area contributed by atoms with Gasteiger partial charge in [0.25, 0.3) is 0 Å². The summed E-state index contributed by atoms with van der Waals surface area (Å²) in [6.45, 7) is 4.73. The number of benzene rings is 1. The van der Waals surface area contributed by atoms with Gasteiger partial charge in [-0.05, 0) is 37.1 Å². The molecular weight excluding hydrogens is 246 g/mol. The molecule has 0 aliphatic carbocycles. The second-order valence-corrected chi connectivity index (χ2v) is 5.14. The van der Waals surface area contributed by atoms with E-state index in [1.165, 1.54) is 11.1 Å². The van der Waals surface area contributed by atoms with E-state index in [1.54, 1.807) is 25.6 Å². The standard InChI is InChI=1S/C14H17NO2S/c1-9-5-11(13(17-4)6-10(9)2)12-8-18-14(15-12)7-16-3/h5-6,8H,7H2,1-4H3. The number of aromatic nitrogens is 1. The number of nitrogens with zero attached hydrogens (tertiary/aromatic N) is 1. The molecule has 0 fully saturated rings. The topological polar surface area (TPSA) is 31.4 Å². The number of hydrogen-bond acceptors (Lipinski definition) is 4. The molecule has 4 heteroatoms. The van der Waals surface area contributed by atoms with Crippen LogP contribution in [0.1, 0.15) is 16.1 Å². The lowest BCUT2D eigenvalue weighted by molar-refractivity contribution is 0.184. The molecule has 0 saturated carbocycles. The van der Waals surface area contributed by atoms with Crippen LogP contribution in [-0.2, 0) is 11.3 Å². The Balaban J connectivity index is 2.45. The lowest BCUT2D eigenvalue weighted by Gasteiger charge is -2.10. The Kier molecular flexibility index (Phi) is 3.99. The molecule has 0 amide bonds. The third kappa shape index (κ3) is 2.54. The van der Waals surface area contributed by atoms with Crippen molar-refractivity contribution >= 4 is 11.3 Å². The van der Waals surface area contributed by atoms with Gasteiger partial charge in [-0.15, -0.1) is 11.3 Å². The summed E-state index contributed by atoms with van der Waals surface area (Å²) in [6, 6.07) is 4.18. The maximum Gasteiger partial charge on any atom is 0.128 e. The number of rotatable bonds is 4. The first-order valence-electron chi connectivity index (χ1n) is 5.74. The van der Waals surface area contributed by atoms with E-state index in [0.29, 0.717) is 6.61 Å². The highest BCUT2D eigenvalue weighted by atomic mass is 32.1. The Morgan fingerprint density at radius 2 is 1.89 bits per heavy atom. The summed E-state index contributed by atoms with van der Waals surface area (Å²) >= 11 is 1.61. The minimum absolute atomic E-state index is 0.553. The summed E-state index contributed by atoms with van der Waals surface area (Å²) < 4.78 is 10.5. The number of hydrogen-bond donors (Lipinski definition) is 0. The Hall–Kier alpha value is -1.39. The van der Waals surface area contributed by atoms with Gasteiger partial charge in [0.15, 0.2) is 0 Å². The number of ether oxygens (including phenoxy) is 2. The van der Waals surface area contributed by atoms with Gasteiger partial charge in [0.1, 0.15) is 10.8 Å². The van der Waals surface area contributed by atoms with Crippen LogP contribution in [0.4, 0.5) is 0 Å². The van der Waals surface area contributed by atoms with E-state index in [9.17, 15) is 0 Å². The smallest absolute Gasteiger partial charge is 0.128 e. The fourth-order valence-corrected chi connectivity index (χ4v) is 2.55. The molecule has 1 aromatic carbocycles. The minimum Gasteiger partial charge on any atom is -0.496 e. The lowest BCUT2D eigenvalue weighted by Crippen LogP contribution is -1.92. The summed E-state index contributed by atoms with van der Waals surface area (Å²) in [7, 11) is 3.37. The van der Waals surface area contributed by atoms with Gasteiger partial charge in [-0.2, -0.15) is 0 Å². The van der Waals surface area contributed by atoms with Crippen molar-refractivity contribution in [2.45, 2.75) is 20.5 Å². The number of methoxy groups -OCH3 is 2. The molecule has 96 valence electrons. The predicted molar refractivity (Wildman–Crippen MR) is 74.3 cm³/mol. The molecule has 2 aromatic rings. The van der Waals surface area contributed by atoms with E-state index in [1.807, 2.05) is 5.38 Å². The van der Waals surface area contributed by atoms with Crippen molar-refractivity contribution in [3.63, 3.8) is 0 Å². The van der Waals surface area contributed by atoms with Gasteiger partial charge in [-0.25, -0.2) is 4.98 Å². The molecule has 1 heterocycles. The van der Waals surface area contributed by atoms with Gasteiger partial charge < -0.3 is 9.47 Å². The van der Waals surface area contributed by atoms with Crippen LogP contribution < -0.4 is 4.74 Å². The zero-order chi connectivity index (χ0) is 13.1. The van der Waals surface area contributed by atoms with Crippen LogP contribution in [0.5, 0.6) is 5.75 Å². The highest BCUT2D eigenvalue weighted by molar-refractivity contribution is 7.09. The van der Waals surface area contributed by atoms with Crippen LogP contribution in [0, 0.1) is 13.8 Å². The highest BCUT2D eigenvalue weighted by Gasteiger charge is 2.11. The normalized spacial score (nSPS) is 10.7. The second kappa shape index (κ2) is 5.50. The van der Waals surface area contributed by atoms with Gasteiger partial charge in [0.2, 0.25) is 0 Å². The molecule has 0 bridgehead atoms. The van der Waals surface area contributed by atoms with Crippen LogP contribution in [-0.4, -0.2) is 19.2 Å². The Morgan fingerprint density at radius 1 is 1.17 bits per heavy atom. The average Bonchev–Trinajstić information content (AvgIpc) is 2.81. The largest absolute Gasteiger partial charge is 0.496 e. The van der Waals surface area contributed by atoms with E-state index in [2.05, 4.69) is 31.0 Å². The van der Waals surface area contributed by atoms with Crippen LogP contribution in [0.3, 0.4) is 0 Å². The van der Waals surface area contributed by atoms with Crippen molar-refractivity contribution in [2.75, 3.05) is 14.2 Å². The van der Waals surface area contributed by atoms with Crippen molar-refractivity contribution in [2.24, 2.45) is 0 Å². The lowest BCUT2D eigenvalue weighted by atomic mass is 10.0. The third-order valence-corrected chi connectivity index (χ3v) is 3.73. The summed E-state index contributed by atoms with van der Waals surface area (Å²) in [4.78, 5) is 4.56. The second-order valence-electron chi connectivity index (χ2n) is 4.20. The first-order chi connectivity index (χ1) is 8.65. The molecule has 2 rings (SSSR count). The van der Waals surface area contributed by atoms with E-state index in [4.69, 9.17) is 9.47 Å². The maximum absolute atomic E-state index is 5.44. The Labute approximate surface area is 111 Å². The van der Waals surface area contributed by atoms with Crippen molar-refractivity contribution in [1.29, 1.82) is 0 Å². The van der Waals surface area contributed by atoms with Gasteiger partial charge in [0, 0.05) is 18.1 Å². The van der Waals surface area contributed by atoms with Gasteiger partial charge in [-0.1, -0.05) is 0 Å². The molecule has 1 aromatic heterocycles. The van der Waals surface area contributed by atoms with E-state index < -0.39 is 0 Å². The molecule has 3 nitrogen and oxygen atoms in total. The summed E-state index contributed by atoms with van der Waals surface area (Å²) in [5, 5.41) is 3.02. The number of aryl methyl sites for hydroxylation is 2. The van der Waals surface area contributed by atoms with Crippen molar-refractivity contribution in [1.82, 2.24) is 4.98 Å². The summed E-state index contributed by atoms with van der Waals surface area (Å²) in [5.41, 5.74) is 4.46. The molecule has 0 atom stereocenters. The van der Waals surface area contributed by atoms with E-state index in [0.717, 1.165) is 22.0 Å². The molecule has 0 saturated heterocycles. The quantitative estimate of drug-likeness (QED) is 0.845. The number of thiazole rings is 1. The van der Waals surface area contributed by atoms with Crippen molar-refractivity contribution < 1.29 is 9.47 Å². The first kappa shape index (κ1) is 13.1. The van der Waals surface area contributed by atoms with Gasteiger partial charge in [-0.3, -0.25) is 0 Å². The molecule has 0 N–H and O–H groups in total. The zero-order valence-corrected chi connectivity index (χ0v) is 11.9. The Bertz CT molecular complexity index is 549.